The van der Waals surface area contributed by atoms with Gasteiger partial charge >= 0.3 is 6.09 Å². The third-order valence-corrected chi connectivity index (χ3v) is 6.29. The van der Waals surface area contributed by atoms with Crippen LogP contribution in [-0.2, 0) is 27.3 Å². The van der Waals surface area contributed by atoms with Gasteiger partial charge < -0.3 is 29.8 Å². The third kappa shape index (κ3) is 8.79. The Balaban J connectivity index is 1.79. The van der Waals surface area contributed by atoms with Crippen molar-refractivity contribution in [1.29, 1.82) is 0 Å². The van der Waals surface area contributed by atoms with Crippen LogP contribution >= 0.6 is 0 Å². The van der Waals surface area contributed by atoms with Gasteiger partial charge in [0.1, 0.15) is 17.5 Å². The SMILES string of the molecule is COC(=O)N[C@@H](CC/C=C/C(=O)N(C)C)C(=O)Nc1cccn(Cc2cc3cc(F)cc(CC(C)(C)C)c3[nH]2)c1=O. The summed E-state index contributed by atoms with van der Waals surface area (Å²) in [5.41, 5.74) is 1.92. The van der Waals surface area contributed by atoms with Gasteiger partial charge in [0.05, 0.1) is 13.7 Å². The number of hydrogen-bond acceptors (Lipinski definition) is 5. The number of H-pyrrole nitrogens is 1. The lowest BCUT2D eigenvalue weighted by Crippen LogP contribution is -2.44. The van der Waals surface area contributed by atoms with Crippen molar-refractivity contribution in [2.24, 2.45) is 5.41 Å². The molecule has 0 aliphatic rings. The first kappa shape index (κ1) is 31.1. The van der Waals surface area contributed by atoms with Gasteiger partial charge in [0.2, 0.25) is 11.8 Å². The number of aromatic nitrogens is 2. The van der Waals surface area contributed by atoms with E-state index in [9.17, 15) is 23.6 Å². The maximum absolute atomic E-state index is 14.3. The number of ether oxygens (including phenoxy) is 1. The molecule has 220 valence electrons. The van der Waals surface area contributed by atoms with Gasteiger partial charge in [0.25, 0.3) is 5.56 Å². The summed E-state index contributed by atoms with van der Waals surface area (Å²) in [4.78, 5) is 54.6. The van der Waals surface area contributed by atoms with E-state index in [0.29, 0.717) is 18.5 Å². The number of amides is 3. The van der Waals surface area contributed by atoms with Crippen LogP contribution in [0.1, 0.15) is 44.9 Å². The van der Waals surface area contributed by atoms with Crippen LogP contribution in [0, 0.1) is 11.2 Å². The number of aromatic amines is 1. The third-order valence-electron chi connectivity index (χ3n) is 6.29. The molecule has 11 heteroatoms. The minimum Gasteiger partial charge on any atom is -0.453 e. The predicted molar refractivity (Wildman–Crippen MR) is 156 cm³/mol. The molecule has 1 aromatic carbocycles. The highest BCUT2D eigenvalue weighted by Gasteiger charge is 2.22. The highest BCUT2D eigenvalue weighted by molar-refractivity contribution is 5.96. The molecule has 41 heavy (non-hydrogen) atoms. The lowest BCUT2D eigenvalue weighted by atomic mass is 9.87. The molecule has 1 atom stereocenters. The number of benzene rings is 1. The molecule has 0 spiro atoms. The second kappa shape index (κ2) is 13.3. The summed E-state index contributed by atoms with van der Waals surface area (Å²) in [6.45, 7) is 6.42. The average molecular weight is 568 g/mol. The molecule has 3 amide bonds. The van der Waals surface area contributed by atoms with Crippen molar-refractivity contribution in [3.63, 3.8) is 0 Å². The molecule has 0 radical (unpaired) electrons. The van der Waals surface area contributed by atoms with Crippen molar-refractivity contribution in [1.82, 2.24) is 19.8 Å². The Labute approximate surface area is 238 Å². The summed E-state index contributed by atoms with van der Waals surface area (Å²) < 4.78 is 20.4. The molecule has 10 nitrogen and oxygen atoms in total. The van der Waals surface area contributed by atoms with Crippen LogP contribution in [-0.4, -0.2) is 59.6 Å². The maximum Gasteiger partial charge on any atom is 0.407 e. The molecule has 3 N–H and O–H groups in total. The van der Waals surface area contributed by atoms with Crippen LogP contribution in [0.5, 0.6) is 0 Å². The van der Waals surface area contributed by atoms with Crippen LogP contribution < -0.4 is 16.2 Å². The number of anilines is 1. The van der Waals surface area contributed by atoms with Crippen molar-refractivity contribution in [2.45, 2.75) is 52.6 Å². The molecule has 0 saturated heterocycles. The molecule has 0 unspecified atom stereocenters. The second-order valence-corrected chi connectivity index (χ2v) is 11.3. The van der Waals surface area contributed by atoms with Gasteiger partial charge in [-0.15, -0.1) is 0 Å². The first-order chi connectivity index (χ1) is 19.3. The largest absolute Gasteiger partial charge is 0.453 e. The number of pyridine rings is 1. The molecule has 3 rings (SSSR count). The predicted octanol–water partition coefficient (Wildman–Crippen LogP) is 4.19. The van der Waals surface area contributed by atoms with Gasteiger partial charge in [-0.3, -0.25) is 14.4 Å². The molecule has 0 bridgehead atoms. The summed E-state index contributed by atoms with van der Waals surface area (Å²) in [6.07, 6.45) is 4.94. The van der Waals surface area contributed by atoms with Crippen LogP contribution in [0.3, 0.4) is 0 Å². The number of nitrogens with one attached hydrogen (secondary N) is 3. The smallest absolute Gasteiger partial charge is 0.407 e. The minimum absolute atomic E-state index is 0.0306. The van der Waals surface area contributed by atoms with Crippen LogP contribution in [0.15, 0.2) is 53.5 Å². The van der Waals surface area contributed by atoms with E-state index in [1.54, 1.807) is 32.4 Å². The van der Waals surface area contributed by atoms with Gasteiger partial charge in [-0.1, -0.05) is 26.8 Å². The lowest BCUT2D eigenvalue weighted by molar-refractivity contribution is -0.123. The van der Waals surface area contributed by atoms with E-state index in [1.807, 2.05) is 6.07 Å². The molecule has 0 fully saturated rings. The Morgan fingerprint density at radius 1 is 1.20 bits per heavy atom. The van der Waals surface area contributed by atoms with Crippen molar-refractivity contribution < 1.29 is 23.5 Å². The number of rotatable bonds is 10. The fraction of sp³-hybridized carbons (Fsp3) is 0.400. The van der Waals surface area contributed by atoms with E-state index in [-0.39, 0.29) is 35.8 Å². The Morgan fingerprint density at radius 2 is 1.93 bits per heavy atom. The summed E-state index contributed by atoms with van der Waals surface area (Å²) in [5.74, 6) is -1.13. The Bertz CT molecular complexity index is 1500. The number of carbonyl (C=O) groups is 3. The van der Waals surface area contributed by atoms with Crippen molar-refractivity contribution in [2.75, 3.05) is 26.5 Å². The fourth-order valence-corrected chi connectivity index (χ4v) is 4.36. The Morgan fingerprint density at radius 3 is 2.59 bits per heavy atom. The highest BCUT2D eigenvalue weighted by atomic mass is 19.1. The van der Waals surface area contributed by atoms with Crippen LogP contribution in [0.4, 0.5) is 14.9 Å². The number of likely N-dealkylation sites (N-methyl/N-ethyl adjacent to an activating group) is 1. The molecule has 0 aliphatic carbocycles. The second-order valence-electron chi connectivity index (χ2n) is 11.3. The van der Waals surface area contributed by atoms with Crippen molar-refractivity contribution in [3.05, 3.63) is 76.1 Å². The standard InChI is InChI=1S/C30H38FN5O5/c1-30(2,3)17-20-15-21(31)14-19-16-22(32-26(19)20)18-36-13-9-11-24(28(36)39)33-27(38)23(34-29(40)41-6)10-7-8-12-25(37)35(4)5/h8-9,11-16,23,32H,7,10,17-18H2,1-6H3,(H,33,38)(H,34,40)/b12-8+/t23-/m0/s1. The zero-order valence-electron chi connectivity index (χ0n) is 24.3. The Kier molecular flexibility index (Phi) is 10.1. The molecular weight excluding hydrogens is 529 g/mol. The molecular formula is C30H38FN5O5. The van der Waals surface area contributed by atoms with Gasteiger partial charge in [-0.25, -0.2) is 9.18 Å². The number of hydrogen-bond donors (Lipinski definition) is 3. The molecule has 3 aromatic rings. The topological polar surface area (TPSA) is 126 Å². The summed E-state index contributed by atoms with van der Waals surface area (Å²) >= 11 is 0. The fourth-order valence-electron chi connectivity index (χ4n) is 4.36. The van der Waals surface area contributed by atoms with E-state index in [1.165, 1.54) is 40.9 Å². The molecule has 2 heterocycles. The number of nitrogens with zero attached hydrogens (tertiary/aromatic N) is 2. The maximum atomic E-state index is 14.3. The molecule has 2 aromatic heterocycles. The molecule has 0 aliphatic heterocycles. The van der Waals surface area contributed by atoms with Gasteiger partial charge in [-0.05, 0) is 66.6 Å². The van der Waals surface area contributed by atoms with Crippen LogP contribution in [0.2, 0.25) is 0 Å². The van der Waals surface area contributed by atoms with E-state index in [4.69, 9.17) is 0 Å². The first-order valence-electron chi connectivity index (χ1n) is 13.3. The van der Waals surface area contributed by atoms with Gasteiger partial charge in [-0.2, -0.15) is 0 Å². The van der Waals surface area contributed by atoms with Crippen molar-refractivity contribution in [3.8, 4) is 0 Å². The quantitative estimate of drug-likeness (QED) is 0.317. The monoisotopic (exact) mass is 567 g/mol. The summed E-state index contributed by atoms with van der Waals surface area (Å²) in [6, 6.07) is 6.89. The van der Waals surface area contributed by atoms with E-state index >= 15 is 0 Å². The minimum atomic E-state index is -1.01. The van der Waals surface area contributed by atoms with Gasteiger partial charge in [0.15, 0.2) is 0 Å². The number of carbonyl (C=O) groups excluding carboxylic acids is 3. The van der Waals surface area contributed by atoms with Crippen molar-refractivity contribution >= 4 is 34.5 Å². The highest BCUT2D eigenvalue weighted by Crippen LogP contribution is 2.28. The number of fused-ring (bicyclic) bond motifs is 1. The summed E-state index contributed by atoms with van der Waals surface area (Å²) in [7, 11) is 4.42. The summed E-state index contributed by atoms with van der Waals surface area (Å²) in [5, 5.41) is 5.78. The molecule has 0 saturated carbocycles. The lowest BCUT2D eigenvalue weighted by Gasteiger charge is -2.18. The Hall–Kier alpha value is -4.41. The van der Waals surface area contributed by atoms with E-state index in [2.05, 4.69) is 41.1 Å². The average Bonchev–Trinajstić information content (AvgIpc) is 3.29. The normalized spacial score (nSPS) is 12.4. The van der Waals surface area contributed by atoms with E-state index < -0.39 is 23.6 Å². The number of methoxy groups -OCH3 is 1. The van der Waals surface area contributed by atoms with Crippen LogP contribution in [0.25, 0.3) is 10.9 Å². The number of halogens is 1. The van der Waals surface area contributed by atoms with E-state index in [0.717, 1.165) is 16.5 Å². The first-order valence-corrected chi connectivity index (χ1v) is 13.3. The number of allylic oxidation sites excluding steroid dienone is 1. The zero-order chi connectivity index (χ0) is 30.3. The van der Waals surface area contributed by atoms with Gasteiger partial charge in [0, 0.05) is 36.9 Å². The number of alkyl carbamates (subject to hydrolysis) is 1. The zero-order valence-corrected chi connectivity index (χ0v) is 24.3.